The Hall–Kier alpha value is -2.19. The number of amides is 1. The predicted molar refractivity (Wildman–Crippen MR) is 131 cm³/mol. The van der Waals surface area contributed by atoms with Crippen LogP contribution in [0.4, 0.5) is 0 Å². The quantitative estimate of drug-likeness (QED) is 0.415. The van der Waals surface area contributed by atoms with Crippen molar-refractivity contribution in [1.29, 1.82) is 0 Å². The van der Waals surface area contributed by atoms with Gasteiger partial charge in [-0.1, -0.05) is 69.5 Å². The monoisotopic (exact) mass is 534 g/mol. The molecule has 1 N–H and O–H groups in total. The van der Waals surface area contributed by atoms with E-state index >= 15 is 0 Å². The summed E-state index contributed by atoms with van der Waals surface area (Å²) in [6, 6.07) is 20.8. The van der Waals surface area contributed by atoms with Crippen LogP contribution in [0.1, 0.15) is 29.7 Å². The van der Waals surface area contributed by atoms with E-state index in [-0.39, 0.29) is 29.9 Å². The number of carbonyl (C=O) groups is 1. The molecule has 32 heavy (non-hydrogen) atoms. The van der Waals surface area contributed by atoms with Gasteiger partial charge in [0.1, 0.15) is 0 Å². The van der Waals surface area contributed by atoms with Crippen molar-refractivity contribution in [3.8, 4) is 0 Å². The Labute approximate surface area is 202 Å². The standard InChI is InChI=1S/C24H24BrClN2O3S/c1-17-3-13-23(14-4-17)32(30,31)28(15-19-5-11-22(26)12-6-19)16-24(29)27-18(2)20-7-9-21(25)10-8-20/h3-14,18H,15-16H2,1-2H3,(H,27,29)/t18-/m1/s1. The SMILES string of the molecule is Cc1ccc(S(=O)(=O)N(CC(=O)N[C@H](C)c2ccc(Br)cc2)Cc2ccc(Cl)cc2)cc1. The zero-order valence-electron chi connectivity index (χ0n) is 17.8. The molecule has 0 aliphatic heterocycles. The molecule has 8 heteroatoms. The lowest BCUT2D eigenvalue weighted by Gasteiger charge is -2.23. The summed E-state index contributed by atoms with van der Waals surface area (Å²) >= 11 is 9.35. The molecule has 1 amide bonds. The molecule has 0 bridgehead atoms. The smallest absolute Gasteiger partial charge is 0.243 e. The lowest BCUT2D eigenvalue weighted by molar-refractivity contribution is -0.122. The summed E-state index contributed by atoms with van der Waals surface area (Å²) in [6.45, 7) is 3.49. The molecular formula is C24H24BrClN2O3S. The van der Waals surface area contributed by atoms with Crippen molar-refractivity contribution in [2.75, 3.05) is 6.54 Å². The zero-order chi connectivity index (χ0) is 23.3. The third-order valence-corrected chi connectivity index (χ3v) is 7.58. The van der Waals surface area contributed by atoms with Gasteiger partial charge in [-0.25, -0.2) is 8.42 Å². The maximum Gasteiger partial charge on any atom is 0.243 e. The summed E-state index contributed by atoms with van der Waals surface area (Å²) < 4.78 is 28.8. The van der Waals surface area contributed by atoms with Crippen LogP contribution in [-0.2, 0) is 21.4 Å². The molecule has 0 heterocycles. The fraction of sp³-hybridized carbons (Fsp3) is 0.208. The molecule has 0 saturated heterocycles. The Balaban J connectivity index is 1.82. The fourth-order valence-corrected chi connectivity index (χ4v) is 4.94. The number of aryl methyl sites for hydroxylation is 1. The summed E-state index contributed by atoms with van der Waals surface area (Å²) in [5, 5.41) is 3.45. The van der Waals surface area contributed by atoms with Gasteiger partial charge in [-0.3, -0.25) is 4.79 Å². The maximum absolute atomic E-state index is 13.4. The Morgan fingerprint density at radius 2 is 1.59 bits per heavy atom. The van der Waals surface area contributed by atoms with Gasteiger partial charge in [0.25, 0.3) is 0 Å². The van der Waals surface area contributed by atoms with E-state index in [0.717, 1.165) is 21.2 Å². The molecule has 3 aromatic rings. The molecule has 3 rings (SSSR count). The Bertz CT molecular complexity index is 1170. The molecule has 1 atom stereocenters. The average Bonchev–Trinajstić information content (AvgIpc) is 2.75. The minimum Gasteiger partial charge on any atom is -0.348 e. The van der Waals surface area contributed by atoms with E-state index in [2.05, 4.69) is 21.2 Å². The van der Waals surface area contributed by atoms with Gasteiger partial charge in [-0.2, -0.15) is 4.31 Å². The molecular weight excluding hydrogens is 512 g/mol. The number of sulfonamides is 1. The topological polar surface area (TPSA) is 66.5 Å². The van der Waals surface area contributed by atoms with Gasteiger partial charge in [0.2, 0.25) is 15.9 Å². The van der Waals surface area contributed by atoms with Crippen LogP contribution in [0.2, 0.25) is 5.02 Å². The van der Waals surface area contributed by atoms with E-state index < -0.39 is 10.0 Å². The highest BCUT2D eigenvalue weighted by atomic mass is 79.9. The molecule has 0 fully saturated rings. The largest absolute Gasteiger partial charge is 0.348 e. The van der Waals surface area contributed by atoms with Crippen LogP contribution in [0, 0.1) is 6.92 Å². The minimum absolute atomic E-state index is 0.0491. The van der Waals surface area contributed by atoms with Crippen molar-refractivity contribution in [1.82, 2.24) is 9.62 Å². The van der Waals surface area contributed by atoms with E-state index in [1.165, 1.54) is 4.31 Å². The van der Waals surface area contributed by atoms with E-state index in [0.29, 0.717) is 5.02 Å². The molecule has 5 nitrogen and oxygen atoms in total. The first kappa shape index (κ1) is 24.5. The van der Waals surface area contributed by atoms with Crippen molar-refractivity contribution >= 4 is 43.5 Å². The number of hydrogen-bond acceptors (Lipinski definition) is 3. The normalized spacial score (nSPS) is 12.5. The molecule has 0 aliphatic rings. The number of nitrogens with one attached hydrogen (secondary N) is 1. The summed E-state index contributed by atoms with van der Waals surface area (Å²) in [5.74, 6) is -0.384. The summed E-state index contributed by atoms with van der Waals surface area (Å²) in [5.41, 5.74) is 2.61. The van der Waals surface area contributed by atoms with Gasteiger partial charge in [0.15, 0.2) is 0 Å². The molecule has 0 spiro atoms. The van der Waals surface area contributed by atoms with Crippen molar-refractivity contribution in [2.45, 2.75) is 31.3 Å². The second kappa shape index (κ2) is 10.6. The third kappa shape index (κ3) is 6.42. The summed E-state index contributed by atoms with van der Waals surface area (Å²) in [4.78, 5) is 13.0. The van der Waals surface area contributed by atoms with Crippen molar-refractivity contribution in [3.05, 3.63) is 99.0 Å². The van der Waals surface area contributed by atoms with Gasteiger partial charge in [-0.05, 0) is 61.4 Å². The van der Waals surface area contributed by atoms with Crippen molar-refractivity contribution in [2.24, 2.45) is 0 Å². The van der Waals surface area contributed by atoms with Crippen LogP contribution in [-0.4, -0.2) is 25.2 Å². The molecule has 168 valence electrons. The zero-order valence-corrected chi connectivity index (χ0v) is 20.9. The first-order valence-corrected chi connectivity index (χ1v) is 12.6. The number of halogens is 2. The van der Waals surface area contributed by atoms with E-state index in [4.69, 9.17) is 11.6 Å². The van der Waals surface area contributed by atoms with Crippen LogP contribution in [0.15, 0.2) is 82.2 Å². The van der Waals surface area contributed by atoms with Gasteiger partial charge in [-0.15, -0.1) is 0 Å². The van der Waals surface area contributed by atoms with E-state index in [9.17, 15) is 13.2 Å². The van der Waals surface area contributed by atoms with Crippen LogP contribution >= 0.6 is 27.5 Å². The minimum atomic E-state index is -3.89. The molecule has 0 radical (unpaired) electrons. The fourth-order valence-electron chi connectivity index (χ4n) is 3.16. The highest BCUT2D eigenvalue weighted by Gasteiger charge is 2.27. The molecule has 0 saturated carbocycles. The Morgan fingerprint density at radius 1 is 1.00 bits per heavy atom. The van der Waals surface area contributed by atoms with Gasteiger partial charge in [0, 0.05) is 16.0 Å². The summed E-state index contributed by atoms with van der Waals surface area (Å²) in [7, 11) is -3.89. The maximum atomic E-state index is 13.4. The molecule has 0 aromatic heterocycles. The second-order valence-electron chi connectivity index (χ2n) is 7.55. The number of rotatable bonds is 8. The molecule has 0 aliphatic carbocycles. The molecule has 0 unspecified atom stereocenters. The number of nitrogens with zero attached hydrogens (tertiary/aromatic N) is 1. The average molecular weight is 536 g/mol. The number of carbonyl (C=O) groups excluding carboxylic acids is 1. The van der Waals surface area contributed by atoms with E-state index in [1.54, 1.807) is 48.5 Å². The second-order valence-corrected chi connectivity index (χ2v) is 10.8. The van der Waals surface area contributed by atoms with Crippen LogP contribution in [0.25, 0.3) is 0 Å². The van der Waals surface area contributed by atoms with Crippen LogP contribution in [0.5, 0.6) is 0 Å². The Morgan fingerprint density at radius 3 is 2.19 bits per heavy atom. The van der Waals surface area contributed by atoms with Crippen molar-refractivity contribution < 1.29 is 13.2 Å². The first-order valence-electron chi connectivity index (χ1n) is 10.0. The van der Waals surface area contributed by atoms with Gasteiger partial charge < -0.3 is 5.32 Å². The highest BCUT2D eigenvalue weighted by Crippen LogP contribution is 2.21. The van der Waals surface area contributed by atoms with Crippen LogP contribution < -0.4 is 5.32 Å². The summed E-state index contributed by atoms with van der Waals surface area (Å²) in [6.07, 6.45) is 0. The van der Waals surface area contributed by atoms with Gasteiger partial charge in [0.05, 0.1) is 17.5 Å². The Kier molecular flexibility index (Phi) is 8.11. The van der Waals surface area contributed by atoms with E-state index in [1.807, 2.05) is 38.1 Å². The van der Waals surface area contributed by atoms with Crippen LogP contribution in [0.3, 0.4) is 0 Å². The number of benzene rings is 3. The highest BCUT2D eigenvalue weighted by molar-refractivity contribution is 9.10. The lowest BCUT2D eigenvalue weighted by Crippen LogP contribution is -2.41. The predicted octanol–water partition coefficient (Wildman–Crippen LogP) is 5.48. The van der Waals surface area contributed by atoms with Crippen molar-refractivity contribution in [3.63, 3.8) is 0 Å². The number of hydrogen-bond donors (Lipinski definition) is 1. The first-order chi connectivity index (χ1) is 15.1. The molecule has 3 aromatic carbocycles. The van der Waals surface area contributed by atoms with Gasteiger partial charge >= 0.3 is 0 Å². The lowest BCUT2D eigenvalue weighted by atomic mass is 10.1. The third-order valence-electron chi connectivity index (χ3n) is 5.00.